The van der Waals surface area contributed by atoms with Gasteiger partial charge in [0, 0.05) is 24.8 Å². The van der Waals surface area contributed by atoms with E-state index in [4.69, 9.17) is 11.6 Å². The Morgan fingerprint density at radius 3 is 2.86 bits per heavy atom. The smallest absolute Gasteiger partial charge is 0.266 e. The zero-order chi connectivity index (χ0) is 10.2. The quantitative estimate of drug-likeness (QED) is 0.674. The first-order valence-corrected chi connectivity index (χ1v) is 4.69. The Kier molecular flexibility index (Phi) is 2.31. The second kappa shape index (κ2) is 3.35. The monoisotopic (exact) mass is 218 g/mol. The maximum absolute atomic E-state index is 12.9. The van der Waals surface area contributed by atoms with E-state index >= 15 is 0 Å². The predicted molar refractivity (Wildman–Crippen MR) is 51.0 cm³/mol. The SMILES string of the molecule is FC1(F)CCN(c2ccnc(Cl)c2)C1. The van der Waals surface area contributed by atoms with Crippen molar-refractivity contribution in [2.24, 2.45) is 0 Å². The first kappa shape index (κ1) is 9.65. The number of hydrogen-bond donors (Lipinski definition) is 0. The molecular formula is C9H9ClF2N2. The van der Waals surface area contributed by atoms with Crippen LogP contribution in [0.2, 0.25) is 5.15 Å². The van der Waals surface area contributed by atoms with Gasteiger partial charge in [-0.2, -0.15) is 0 Å². The van der Waals surface area contributed by atoms with Crippen molar-refractivity contribution in [2.75, 3.05) is 18.0 Å². The van der Waals surface area contributed by atoms with E-state index in [0.29, 0.717) is 17.4 Å². The molecule has 0 atom stereocenters. The Hall–Kier alpha value is -0.900. The summed E-state index contributed by atoms with van der Waals surface area (Å²) in [5.41, 5.74) is 0.710. The van der Waals surface area contributed by atoms with E-state index in [-0.39, 0.29) is 13.0 Å². The lowest BCUT2D eigenvalue weighted by atomic mass is 10.3. The van der Waals surface area contributed by atoms with Gasteiger partial charge >= 0.3 is 0 Å². The summed E-state index contributed by atoms with van der Waals surface area (Å²) >= 11 is 5.67. The van der Waals surface area contributed by atoms with E-state index in [1.54, 1.807) is 17.0 Å². The summed E-state index contributed by atoms with van der Waals surface area (Å²) in [5, 5.41) is 0.331. The van der Waals surface area contributed by atoms with Gasteiger partial charge in [0.15, 0.2) is 0 Å². The minimum Gasteiger partial charge on any atom is -0.365 e. The molecule has 14 heavy (non-hydrogen) atoms. The van der Waals surface area contributed by atoms with E-state index in [1.165, 1.54) is 6.20 Å². The maximum atomic E-state index is 12.9. The highest BCUT2D eigenvalue weighted by Crippen LogP contribution is 2.31. The standard InChI is InChI=1S/C9H9ClF2N2/c10-8-5-7(1-3-13-8)14-4-2-9(11,12)6-14/h1,3,5H,2,4,6H2. The lowest BCUT2D eigenvalue weighted by Gasteiger charge is -2.17. The fourth-order valence-corrected chi connectivity index (χ4v) is 1.71. The third-order valence-electron chi connectivity index (χ3n) is 2.24. The van der Waals surface area contributed by atoms with Crippen molar-refractivity contribution in [2.45, 2.75) is 12.3 Å². The number of rotatable bonds is 1. The van der Waals surface area contributed by atoms with Crippen LogP contribution in [0.25, 0.3) is 0 Å². The molecule has 0 aliphatic carbocycles. The van der Waals surface area contributed by atoms with Gasteiger partial charge in [-0.3, -0.25) is 0 Å². The molecule has 0 aromatic carbocycles. The predicted octanol–water partition coefficient (Wildman–Crippen LogP) is 2.58. The first-order valence-electron chi connectivity index (χ1n) is 4.31. The van der Waals surface area contributed by atoms with Gasteiger partial charge < -0.3 is 4.90 Å². The molecule has 5 heteroatoms. The van der Waals surface area contributed by atoms with Gasteiger partial charge in [-0.25, -0.2) is 13.8 Å². The van der Waals surface area contributed by atoms with Crippen molar-refractivity contribution < 1.29 is 8.78 Å². The van der Waals surface area contributed by atoms with Crippen LogP contribution in [0.1, 0.15) is 6.42 Å². The highest BCUT2D eigenvalue weighted by Gasteiger charge is 2.38. The third kappa shape index (κ3) is 1.95. The molecule has 1 aliphatic heterocycles. The van der Waals surface area contributed by atoms with Crippen LogP contribution in [0.4, 0.5) is 14.5 Å². The Balaban J connectivity index is 2.17. The van der Waals surface area contributed by atoms with Gasteiger partial charge in [-0.1, -0.05) is 11.6 Å². The summed E-state index contributed by atoms with van der Waals surface area (Å²) in [5.74, 6) is -2.57. The van der Waals surface area contributed by atoms with E-state index in [1.807, 2.05) is 0 Å². The second-order valence-corrected chi connectivity index (χ2v) is 3.75. The Labute approximate surface area is 85.5 Å². The molecule has 1 aliphatic rings. The Bertz CT molecular complexity index is 343. The number of alkyl halides is 2. The molecular weight excluding hydrogens is 210 g/mol. The van der Waals surface area contributed by atoms with Crippen LogP contribution < -0.4 is 4.90 Å². The highest BCUT2D eigenvalue weighted by atomic mass is 35.5. The summed E-state index contributed by atoms with van der Waals surface area (Å²) in [6, 6.07) is 3.29. The second-order valence-electron chi connectivity index (χ2n) is 3.36. The van der Waals surface area contributed by atoms with Gasteiger partial charge in [-0.05, 0) is 12.1 Å². The zero-order valence-corrected chi connectivity index (χ0v) is 8.14. The van der Waals surface area contributed by atoms with Crippen LogP contribution in [-0.4, -0.2) is 24.0 Å². The molecule has 1 fully saturated rings. The van der Waals surface area contributed by atoms with E-state index in [9.17, 15) is 8.78 Å². The van der Waals surface area contributed by atoms with E-state index < -0.39 is 5.92 Å². The molecule has 0 amide bonds. The van der Waals surface area contributed by atoms with E-state index in [2.05, 4.69) is 4.98 Å². The van der Waals surface area contributed by atoms with Crippen molar-refractivity contribution in [3.8, 4) is 0 Å². The normalized spacial score (nSPS) is 20.1. The molecule has 0 bridgehead atoms. The number of aromatic nitrogens is 1. The number of nitrogens with zero attached hydrogens (tertiary/aromatic N) is 2. The fraction of sp³-hybridized carbons (Fsp3) is 0.444. The molecule has 2 nitrogen and oxygen atoms in total. The molecule has 1 saturated heterocycles. The van der Waals surface area contributed by atoms with Crippen molar-refractivity contribution in [1.82, 2.24) is 4.98 Å². The summed E-state index contributed by atoms with van der Waals surface area (Å²) in [6.07, 6.45) is 1.43. The largest absolute Gasteiger partial charge is 0.365 e. The van der Waals surface area contributed by atoms with Crippen molar-refractivity contribution in [1.29, 1.82) is 0 Å². The highest BCUT2D eigenvalue weighted by molar-refractivity contribution is 6.29. The number of hydrogen-bond acceptors (Lipinski definition) is 2. The van der Waals surface area contributed by atoms with Crippen LogP contribution in [0.5, 0.6) is 0 Å². The van der Waals surface area contributed by atoms with Crippen LogP contribution in [-0.2, 0) is 0 Å². The molecule has 0 N–H and O–H groups in total. The molecule has 1 aromatic rings. The Morgan fingerprint density at radius 1 is 1.50 bits per heavy atom. The summed E-state index contributed by atoms with van der Waals surface area (Å²) in [4.78, 5) is 5.42. The van der Waals surface area contributed by atoms with E-state index in [0.717, 1.165) is 0 Å². The summed E-state index contributed by atoms with van der Waals surface area (Å²) < 4.78 is 25.8. The number of anilines is 1. The molecule has 76 valence electrons. The average Bonchev–Trinajstić information content (AvgIpc) is 2.46. The lowest BCUT2D eigenvalue weighted by molar-refractivity contribution is 0.0257. The lowest BCUT2D eigenvalue weighted by Crippen LogP contribution is -2.24. The van der Waals surface area contributed by atoms with Gasteiger partial charge in [0.05, 0.1) is 6.54 Å². The number of pyridine rings is 1. The molecule has 2 rings (SSSR count). The summed E-state index contributed by atoms with van der Waals surface area (Å²) in [7, 11) is 0. The van der Waals surface area contributed by atoms with Crippen molar-refractivity contribution >= 4 is 17.3 Å². The Morgan fingerprint density at radius 2 is 2.29 bits per heavy atom. The first-order chi connectivity index (χ1) is 6.57. The zero-order valence-electron chi connectivity index (χ0n) is 7.38. The van der Waals surface area contributed by atoms with Gasteiger partial charge in [0.2, 0.25) is 0 Å². The molecule has 0 spiro atoms. The number of halogens is 3. The van der Waals surface area contributed by atoms with Crippen LogP contribution in [0, 0.1) is 0 Å². The fourth-order valence-electron chi connectivity index (χ4n) is 1.55. The molecule has 2 heterocycles. The molecule has 0 radical (unpaired) electrons. The van der Waals surface area contributed by atoms with Crippen molar-refractivity contribution in [3.05, 3.63) is 23.5 Å². The average molecular weight is 219 g/mol. The van der Waals surface area contributed by atoms with Gasteiger partial charge in [0.25, 0.3) is 5.92 Å². The van der Waals surface area contributed by atoms with Gasteiger partial charge in [-0.15, -0.1) is 0 Å². The van der Waals surface area contributed by atoms with Crippen molar-refractivity contribution in [3.63, 3.8) is 0 Å². The minimum atomic E-state index is -2.57. The topological polar surface area (TPSA) is 16.1 Å². The maximum Gasteiger partial charge on any atom is 0.266 e. The molecule has 0 unspecified atom stereocenters. The van der Waals surface area contributed by atoms with Crippen LogP contribution in [0.3, 0.4) is 0 Å². The third-order valence-corrected chi connectivity index (χ3v) is 2.45. The van der Waals surface area contributed by atoms with Crippen LogP contribution >= 0.6 is 11.6 Å². The molecule has 1 aromatic heterocycles. The summed E-state index contributed by atoms with van der Waals surface area (Å²) in [6.45, 7) is 0.140. The van der Waals surface area contributed by atoms with Crippen LogP contribution in [0.15, 0.2) is 18.3 Å². The van der Waals surface area contributed by atoms with Gasteiger partial charge in [0.1, 0.15) is 5.15 Å². The molecule has 0 saturated carbocycles. The minimum absolute atomic E-state index is 0.0903.